The number of anilines is 1. The summed E-state index contributed by atoms with van der Waals surface area (Å²) in [4.78, 5) is 22.8. The molecule has 0 atom stereocenters. The topological polar surface area (TPSA) is 121 Å². The molecule has 1 aromatic carbocycles. The van der Waals surface area contributed by atoms with E-state index >= 15 is 0 Å². The summed E-state index contributed by atoms with van der Waals surface area (Å²) >= 11 is 0. The van der Waals surface area contributed by atoms with E-state index in [9.17, 15) is 9.59 Å². The fraction of sp³-hybridized carbons (Fsp3) is 0.250. The number of carbonyl (C=O) groups excluding carboxylic acids is 1. The van der Waals surface area contributed by atoms with Crippen LogP contribution in [0.2, 0.25) is 0 Å². The number of amides is 1. The third-order valence-corrected chi connectivity index (χ3v) is 2.95. The lowest BCUT2D eigenvalue weighted by molar-refractivity contribution is -0.142. The number of nitrogens with one attached hydrogen (secondary N) is 2. The van der Waals surface area contributed by atoms with E-state index in [-0.39, 0.29) is 5.82 Å². The number of carboxylic acid groups (broad SMARTS) is 1. The van der Waals surface area contributed by atoms with Crippen molar-refractivity contribution in [2.45, 2.75) is 19.3 Å². The molecular formula is C12H13N5O3. The minimum atomic E-state index is -0.990. The Morgan fingerprint density at radius 2 is 1.90 bits per heavy atom. The molecule has 1 heterocycles. The molecule has 3 N–H and O–H groups in total. The van der Waals surface area contributed by atoms with Crippen molar-refractivity contribution in [2.75, 3.05) is 5.32 Å². The van der Waals surface area contributed by atoms with Crippen molar-refractivity contribution in [3.05, 3.63) is 35.7 Å². The largest absolute Gasteiger partial charge is 0.481 e. The van der Waals surface area contributed by atoms with Crippen LogP contribution in [0.5, 0.6) is 0 Å². The highest BCUT2D eigenvalue weighted by atomic mass is 16.4. The van der Waals surface area contributed by atoms with Gasteiger partial charge in [-0.15, -0.1) is 10.2 Å². The van der Waals surface area contributed by atoms with E-state index < -0.39 is 17.3 Å². The van der Waals surface area contributed by atoms with Crippen LogP contribution in [0.4, 0.5) is 5.69 Å². The zero-order valence-corrected chi connectivity index (χ0v) is 10.9. The monoisotopic (exact) mass is 275 g/mol. The first kappa shape index (κ1) is 13.7. The highest BCUT2D eigenvalue weighted by Crippen LogP contribution is 2.24. The molecule has 0 aliphatic rings. The fourth-order valence-corrected chi connectivity index (χ4v) is 1.54. The molecule has 0 saturated heterocycles. The van der Waals surface area contributed by atoms with E-state index in [1.54, 1.807) is 38.1 Å². The first-order chi connectivity index (χ1) is 9.41. The molecule has 1 amide bonds. The number of tetrazole rings is 1. The van der Waals surface area contributed by atoms with Crippen LogP contribution in [0.15, 0.2) is 24.3 Å². The number of rotatable bonds is 4. The maximum Gasteiger partial charge on any atom is 0.313 e. The molecule has 0 unspecified atom stereocenters. The van der Waals surface area contributed by atoms with Crippen LogP contribution >= 0.6 is 0 Å². The highest BCUT2D eigenvalue weighted by Gasteiger charge is 2.29. The summed E-state index contributed by atoms with van der Waals surface area (Å²) in [5.74, 6) is -1.48. The lowest BCUT2D eigenvalue weighted by atomic mass is 9.85. The SMILES string of the molecule is CC(C)(C(=O)O)c1ccc(NC(=O)c2nn[nH]n2)cc1. The number of aromatic amines is 1. The minimum Gasteiger partial charge on any atom is -0.481 e. The van der Waals surface area contributed by atoms with Gasteiger partial charge in [0.2, 0.25) is 0 Å². The zero-order chi connectivity index (χ0) is 14.8. The summed E-state index contributed by atoms with van der Waals surface area (Å²) in [6.45, 7) is 3.23. The molecule has 0 fully saturated rings. The van der Waals surface area contributed by atoms with Crippen molar-refractivity contribution >= 4 is 17.6 Å². The fourth-order valence-electron chi connectivity index (χ4n) is 1.54. The summed E-state index contributed by atoms with van der Waals surface area (Å²) in [7, 11) is 0. The highest BCUT2D eigenvalue weighted by molar-refractivity contribution is 6.01. The Morgan fingerprint density at radius 3 is 2.40 bits per heavy atom. The first-order valence-electron chi connectivity index (χ1n) is 5.80. The third kappa shape index (κ3) is 2.63. The van der Waals surface area contributed by atoms with Crippen molar-refractivity contribution in [1.82, 2.24) is 20.6 Å². The summed E-state index contributed by atoms with van der Waals surface area (Å²) in [5, 5.41) is 24.3. The molecule has 0 spiro atoms. The van der Waals surface area contributed by atoms with Gasteiger partial charge in [0.1, 0.15) is 0 Å². The van der Waals surface area contributed by atoms with Gasteiger partial charge in [0.05, 0.1) is 5.41 Å². The van der Waals surface area contributed by atoms with E-state index in [2.05, 4.69) is 25.9 Å². The number of hydrogen-bond donors (Lipinski definition) is 3. The lowest BCUT2D eigenvalue weighted by Crippen LogP contribution is -2.28. The van der Waals surface area contributed by atoms with Gasteiger partial charge in [0.25, 0.3) is 11.7 Å². The maximum atomic E-state index is 11.7. The van der Waals surface area contributed by atoms with Gasteiger partial charge in [-0.1, -0.05) is 12.1 Å². The van der Waals surface area contributed by atoms with E-state index in [1.165, 1.54) is 0 Å². The van der Waals surface area contributed by atoms with Crippen LogP contribution in [0, 0.1) is 0 Å². The van der Waals surface area contributed by atoms with Crippen LogP contribution < -0.4 is 5.32 Å². The standard InChI is InChI=1S/C12H13N5O3/c1-12(2,11(19)20)7-3-5-8(6-4-7)13-10(18)9-14-16-17-15-9/h3-6H,1-2H3,(H,13,18)(H,19,20)(H,14,15,16,17). The number of hydrogen-bond acceptors (Lipinski definition) is 5. The van der Waals surface area contributed by atoms with Gasteiger partial charge in [-0.2, -0.15) is 5.21 Å². The molecular weight excluding hydrogens is 262 g/mol. The Kier molecular flexibility index (Phi) is 3.47. The molecule has 20 heavy (non-hydrogen) atoms. The Balaban J connectivity index is 2.13. The molecule has 0 aliphatic heterocycles. The van der Waals surface area contributed by atoms with Crippen LogP contribution in [-0.2, 0) is 10.2 Å². The molecule has 0 aliphatic carbocycles. The van der Waals surface area contributed by atoms with Gasteiger partial charge < -0.3 is 10.4 Å². The van der Waals surface area contributed by atoms with Gasteiger partial charge in [-0.05, 0) is 36.8 Å². The Bertz CT molecular complexity index is 619. The average Bonchev–Trinajstić information content (AvgIpc) is 2.93. The normalized spacial score (nSPS) is 11.1. The van der Waals surface area contributed by atoms with Crippen molar-refractivity contribution in [1.29, 1.82) is 0 Å². The second-order valence-corrected chi connectivity index (χ2v) is 4.70. The zero-order valence-electron chi connectivity index (χ0n) is 10.9. The van der Waals surface area contributed by atoms with Crippen molar-refractivity contribution in [3.63, 3.8) is 0 Å². The molecule has 8 nitrogen and oxygen atoms in total. The van der Waals surface area contributed by atoms with E-state index in [4.69, 9.17) is 5.11 Å². The number of aliphatic carboxylic acids is 1. The predicted molar refractivity (Wildman–Crippen MR) is 69.2 cm³/mol. The summed E-state index contributed by atoms with van der Waals surface area (Å²) < 4.78 is 0. The van der Waals surface area contributed by atoms with Gasteiger partial charge in [-0.3, -0.25) is 9.59 Å². The quantitative estimate of drug-likeness (QED) is 0.759. The number of benzene rings is 1. The predicted octanol–water partition coefficient (Wildman–Crippen LogP) is 0.814. The van der Waals surface area contributed by atoms with E-state index in [0.717, 1.165) is 0 Å². The van der Waals surface area contributed by atoms with Gasteiger partial charge >= 0.3 is 5.97 Å². The number of nitrogens with zero attached hydrogens (tertiary/aromatic N) is 3. The molecule has 2 aromatic rings. The molecule has 1 aromatic heterocycles. The summed E-state index contributed by atoms with van der Waals surface area (Å²) in [5.41, 5.74) is 0.170. The van der Waals surface area contributed by atoms with Crippen LogP contribution in [0.1, 0.15) is 30.0 Å². The molecule has 2 rings (SSSR count). The molecule has 0 bridgehead atoms. The van der Waals surface area contributed by atoms with Crippen molar-refractivity contribution in [2.24, 2.45) is 0 Å². The van der Waals surface area contributed by atoms with Crippen LogP contribution in [0.25, 0.3) is 0 Å². The second-order valence-electron chi connectivity index (χ2n) is 4.70. The van der Waals surface area contributed by atoms with Crippen molar-refractivity contribution < 1.29 is 14.7 Å². The average molecular weight is 275 g/mol. The number of carbonyl (C=O) groups is 2. The van der Waals surface area contributed by atoms with Crippen LogP contribution in [0.3, 0.4) is 0 Å². The summed E-state index contributed by atoms with van der Waals surface area (Å²) in [6, 6.07) is 6.55. The van der Waals surface area contributed by atoms with Gasteiger partial charge in [-0.25, -0.2) is 0 Å². The second kappa shape index (κ2) is 5.08. The van der Waals surface area contributed by atoms with E-state index in [1.807, 2.05) is 0 Å². The Labute approximate surface area is 114 Å². The Hall–Kier alpha value is -2.77. The minimum absolute atomic E-state index is 0.0695. The number of aromatic nitrogens is 4. The molecule has 8 heteroatoms. The van der Waals surface area contributed by atoms with E-state index in [0.29, 0.717) is 11.3 Å². The van der Waals surface area contributed by atoms with Gasteiger partial charge in [0.15, 0.2) is 0 Å². The Morgan fingerprint density at radius 1 is 1.25 bits per heavy atom. The smallest absolute Gasteiger partial charge is 0.313 e. The summed E-state index contributed by atoms with van der Waals surface area (Å²) in [6.07, 6.45) is 0. The van der Waals surface area contributed by atoms with Crippen LogP contribution in [-0.4, -0.2) is 37.6 Å². The first-order valence-corrected chi connectivity index (χ1v) is 5.80. The number of carboxylic acids is 1. The lowest BCUT2D eigenvalue weighted by Gasteiger charge is -2.19. The maximum absolute atomic E-state index is 11.7. The molecule has 0 radical (unpaired) electrons. The molecule has 0 saturated carbocycles. The van der Waals surface area contributed by atoms with Crippen molar-refractivity contribution in [3.8, 4) is 0 Å². The third-order valence-electron chi connectivity index (χ3n) is 2.95. The molecule has 104 valence electrons. The van der Waals surface area contributed by atoms with Gasteiger partial charge in [0, 0.05) is 5.69 Å². The number of H-pyrrole nitrogens is 1.